The summed E-state index contributed by atoms with van der Waals surface area (Å²) in [4.78, 5) is 1.39. The number of ether oxygens (including phenoxy) is 1. The summed E-state index contributed by atoms with van der Waals surface area (Å²) in [6.45, 7) is 8.48. The average molecular weight is 390 g/mol. The molecule has 5 nitrogen and oxygen atoms in total. The number of nitrogens with zero attached hydrogens (tertiary/aromatic N) is 1. The Hall–Kier alpha value is -1.89. The number of sulfonamides is 1. The lowest BCUT2D eigenvalue weighted by Gasteiger charge is -2.31. The predicted molar refractivity (Wildman–Crippen MR) is 108 cm³/mol. The van der Waals surface area contributed by atoms with Crippen molar-refractivity contribution in [1.29, 1.82) is 0 Å². The molecule has 1 aliphatic rings. The highest BCUT2D eigenvalue weighted by Crippen LogP contribution is 2.15. The fourth-order valence-electron chi connectivity index (χ4n) is 3.54. The molecular formula is C21H29N2O3S+. The van der Waals surface area contributed by atoms with E-state index in [-0.39, 0.29) is 5.75 Å². The van der Waals surface area contributed by atoms with Crippen LogP contribution in [0.4, 0.5) is 0 Å². The lowest BCUT2D eigenvalue weighted by molar-refractivity contribution is -0.903. The molecule has 146 valence electrons. The topological polar surface area (TPSA) is 51.1 Å². The quantitative estimate of drug-likeness (QED) is 0.779. The second kappa shape index (κ2) is 8.87. The maximum absolute atomic E-state index is 12.6. The Labute approximate surface area is 162 Å². The first-order chi connectivity index (χ1) is 12.9. The van der Waals surface area contributed by atoms with E-state index in [1.165, 1.54) is 16.0 Å². The molecule has 0 amide bonds. The molecule has 2 aromatic carbocycles. The summed E-state index contributed by atoms with van der Waals surface area (Å²) < 4.78 is 32.8. The van der Waals surface area contributed by atoms with E-state index in [2.05, 4.69) is 32.0 Å². The maximum atomic E-state index is 12.6. The predicted octanol–water partition coefficient (Wildman–Crippen LogP) is 1.41. The summed E-state index contributed by atoms with van der Waals surface area (Å²) in [6.07, 6.45) is 0. The van der Waals surface area contributed by atoms with Gasteiger partial charge >= 0.3 is 0 Å². The highest BCUT2D eigenvalue weighted by molar-refractivity contribution is 7.88. The Kier molecular flexibility index (Phi) is 6.52. The van der Waals surface area contributed by atoms with E-state index in [0.29, 0.717) is 19.7 Å². The molecule has 6 heteroatoms. The van der Waals surface area contributed by atoms with Crippen LogP contribution in [0.1, 0.15) is 16.7 Å². The van der Waals surface area contributed by atoms with E-state index < -0.39 is 10.0 Å². The van der Waals surface area contributed by atoms with E-state index in [4.69, 9.17) is 4.74 Å². The Morgan fingerprint density at radius 2 is 1.63 bits per heavy atom. The maximum Gasteiger partial charge on any atom is 0.218 e. The van der Waals surface area contributed by atoms with Crippen molar-refractivity contribution in [3.05, 3.63) is 65.2 Å². The summed E-state index contributed by atoms with van der Waals surface area (Å²) in [5.74, 6) is 0.995. The third kappa shape index (κ3) is 5.79. The van der Waals surface area contributed by atoms with Crippen molar-refractivity contribution in [3.63, 3.8) is 0 Å². The first-order valence-corrected chi connectivity index (χ1v) is 11.1. The SMILES string of the molecule is Cc1cc(C)cc(OCC[NH+]2CCN(S(=O)(=O)Cc3ccccc3)CC2)c1. The van der Waals surface area contributed by atoms with Crippen LogP contribution in [-0.2, 0) is 15.8 Å². The first kappa shape index (κ1) is 19.9. The number of rotatable bonds is 7. The summed E-state index contributed by atoms with van der Waals surface area (Å²) in [7, 11) is -3.24. The summed E-state index contributed by atoms with van der Waals surface area (Å²) in [5.41, 5.74) is 3.25. The highest BCUT2D eigenvalue weighted by Gasteiger charge is 2.28. The Morgan fingerprint density at radius 1 is 1.00 bits per heavy atom. The molecule has 1 saturated heterocycles. The zero-order valence-corrected chi connectivity index (χ0v) is 17.0. The number of piperazine rings is 1. The Bertz CT molecular complexity index is 825. The molecule has 0 aromatic heterocycles. The number of nitrogens with one attached hydrogen (secondary N) is 1. The molecule has 0 atom stereocenters. The second-order valence-electron chi connectivity index (χ2n) is 7.31. The van der Waals surface area contributed by atoms with Crippen molar-refractivity contribution in [2.45, 2.75) is 19.6 Å². The van der Waals surface area contributed by atoms with Crippen LogP contribution < -0.4 is 9.64 Å². The molecule has 0 saturated carbocycles. The largest absolute Gasteiger partial charge is 0.488 e. The van der Waals surface area contributed by atoms with Gasteiger partial charge in [-0.25, -0.2) is 8.42 Å². The van der Waals surface area contributed by atoms with Gasteiger partial charge in [0.15, 0.2) is 0 Å². The number of hydrogen-bond donors (Lipinski definition) is 1. The van der Waals surface area contributed by atoms with Gasteiger partial charge in [-0.3, -0.25) is 0 Å². The summed E-state index contributed by atoms with van der Waals surface area (Å²) >= 11 is 0. The molecule has 1 heterocycles. The smallest absolute Gasteiger partial charge is 0.218 e. The van der Waals surface area contributed by atoms with E-state index in [0.717, 1.165) is 30.9 Å². The fraction of sp³-hybridized carbons (Fsp3) is 0.429. The molecule has 0 spiro atoms. The zero-order valence-electron chi connectivity index (χ0n) is 16.1. The molecule has 2 aromatic rings. The van der Waals surface area contributed by atoms with Gasteiger partial charge in [-0.1, -0.05) is 36.4 Å². The normalized spacial score (nSPS) is 16.4. The van der Waals surface area contributed by atoms with Crippen molar-refractivity contribution < 1.29 is 18.1 Å². The molecule has 0 unspecified atom stereocenters. The van der Waals surface area contributed by atoms with Gasteiger partial charge in [-0.2, -0.15) is 4.31 Å². The van der Waals surface area contributed by atoms with Crippen molar-refractivity contribution in [1.82, 2.24) is 4.31 Å². The van der Waals surface area contributed by atoms with E-state index in [1.807, 2.05) is 30.3 Å². The second-order valence-corrected chi connectivity index (χ2v) is 9.28. The zero-order chi connectivity index (χ0) is 19.3. The van der Waals surface area contributed by atoms with Gasteiger partial charge in [0.05, 0.1) is 31.9 Å². The van der Waals surface area contributed by atoms with Crippen molar-refractivity contribution in [2.75, 3.05) is 39.3 Å². The number of hydrogen-bond acceptors (Lipinski definition) is 3. The minimum absolute atomic E-state index is 0.0823. The molecule has 0 bridgehead atoms. The number of aryl methyl sites for hydroxylation is 2. The fourth-order valence-corrected chi connectivity index (χ4v) is 5.07. The summed E-state index contributed by atoms with van der Waals surface area (Å²) in [6, 6.07) is 15.6. The minimum Gasteiger partial charge on any atom is -0.488 e. The number of benzene rings is 2. The van der Waals surface area contributed by atoms with Crippen LogP contribution in [0.5, 0.6) is 5.75 Å². The van der Waals surface area contributed by atoms with Gasteiger partial charge in [-0.05, 0) is 42.7 Å². The molecule has 3 rings (SSSR count). The monoisotopic (exact) mass is 389 g/mol. The highest BCUT2D eigenvalue weighted by atomic mass is 32.2. The Balaban J connectivity index is 1.44. The van der Waals surface area contributed by atoms with Gasteiger partial charge in [0.1, 0.15) is 18.9 Å². The lowest BCUT2D eigenvalue weighted by Crippen LogP contribution is -3.15. The van der Waals surface area contributed by atoms with Gasteiger partial charge in [0.25, 0.3) is 0 Å². The van der Waals surface area contributed by atoms with E-state index in [9.17, 15) is 8.42 Å². The van der Waals surface area contributed by atoms with Crippen LogP contribution in [-0.4, -0.2) is 52.1 Å². The van der Waals surface area contributed by atoms with Crippen LogP contribution in [0.3, 0.4) is 0 Å². The molecule has 27 heavy (non-hydrogen) atoms. The summed E-state index contributed by atoms with van der Waals surface area (Å²) in [5, 5.41) is 0. The van der Waals surface area contributed by atoms with E-state index in [1.54, 1.807) is 4.31 Å². The van der Waals surface area contributed by atoms with Crippen LogP contribution in [0.15, 0.2) is 48.5 Å². The molecule has 0 aliphatic carbocycles. The van der Waals surface area contributed by atoms with Crippen LogP contribution in [0, 0.1) is 13.8 Å². The molecule has 1 fully saturated rings. The average Bonchev–Trinajstić information content (AvgIpc) is 2.62. The Morgan fingerprint density at radius 3 is 2.26 bits per heavy atom. The standard InChI is InChI=1S/C21H28N2O3S/c1-18-14-19(2)16-21(15-18)26-13-12-22-8-10-23(11-9-22)27(24,25)17-20-6-4-3-5-7-20/h3-7,14-16H,8-13,17H2,1-2H3/p+1. The van der Waals surface area contributed by atoms with Crippen molar-refractivity contribution in [3.8, 4) is 5.75 Å². The van der Waals surface area contributed by atoms with Gasteiger partial charge < -0.3 is 9.64 Å². The lowest BCUT2D eigenvalue weighted by atomic mass is 10.1. The van der Waals surface area contributed by atoms with Crippen molar-refractivity contribution in [2.24, 2.45) is 0 Å². The molecule has 1 N–H and O–H groups in total. The van der Waals surface area contributed by atoms with E-state index >= 15 is 0 Å². The molecule has 1 aliphatic heterocycles. The van der Waals surface area contributed by atoms with Gasteiger partial charge in [0, 0.05) is 0 Å². The molecule has 0 radical (unpaired) electrons. The minimum atomic E-state index is -3.24. The van der Waals surface area contributed by atoms with Crippen LogP contribution in [0.25, 0.3) is 0 Å². The van der Waals surface area contributed by atoms with Crippen molar-refractivity contribution >= 4 is 10.0 Å². The number of quaternary nitrogens is 1. The third-order valence-corrected chi connectivity index (χ3v) is 6.78. The van der Waals surface area contributed by atoms with Gasteiger partial charge in [-0.15, -0.1) is 0 Å². The van der Waals surface area contributed by atoms with Gasteiger partial charge in [0.2, 0.25) is 10.0 Å². The van der Waals surface area contributed by atoms with Crippen LogP contribution in [0.2, 0.25) is 0 Å². The third-order valence-electron chi connectivity index (χ3n) is 4.93. The van der Waals surface area contributed by atoms with Crippen LogP contribution >= 0.6 is 0 Å². The molecular weight excluding hydrogens is 360 g/mol. The first-order valence-electron chi connectivity index (χ1n) is 9.49.